The lowest BCUT2D eigenvalue weighted by atomic mass is 9.80. The maximum absolute atomic E-state index is 4.99. The summed E-state index contributed by atoms with van der Waals surface area (Å²) in [6, 6.07) is 14.3. The third kappa shape index (κ3) is 3.01. The molecular formula is C25H33N3. The highest BCUT2D eigenvalue weighted by atomic mass is 15.6. The maximum atomic E-state index is 4.99. The molecule has 0 N–H and O–H groups in total. The minimum Gasteiger partial charge on any atom is -0.304 e. The van der Waals surface area contributed by atoms with Gasteiger partial charge in [-0.15, -0.1) is 0 Å². The number of anilines is 1. The zero-order chi connectivity index (χ0) is 20.4. The topological polar surface area (TPSA) is 18.8 Å². The fourth-order valence-electron chi connectivity index (χ4n) is 3.97. The Morgan fingerprint density at radius 3 is 1.93 bits per heavy atom. The standard InChI is InChI=1S/C25H33N3/c1-16(2)28-15-27-22-12-10-18(25(6,7)8)14-21(22)20-13-17(24(3,4)5)9-11-19(20)23(27)26-28/h9-14,16H,15H2,1-8H3. The van der Waals surface area contributed by atoms with Gasteiger partial charge in [0.25, 0.3) is 0 Å². The molecule has 0 radical (unpaired) electrons. The first kappa shape index (κ1) is 19.0. The summed E-state index contributed by atoms with van der Waals surface area (Å²) in [6.45, 7) is 18.9. The first-order chi connectivity index (χ1) is 13.0. The molecule has 3 nitrogen and oxygen atoms in total. The number of benzene rings is 2. The van der Waals surface area contributed by atoms with E-state index in [0.29, 0.717) is 6.04 Å². The van der Waals surface area contributed by atoms with Crippen molar-refractivity contribution in [3.8, 4) is 11.1 Å². The monoisotopic (exact) mass is 375 g/mol. The molecular weight excluding hydrogens is 342 g/mol. The van der Waals surface area contributed by atoms with Gasteiger partial charge in [0.1, 0.15) is 6.67 Å². The van der Waals surface area contributed by atoms with Crippen molar-refractivity contribution in [3.05, 3.63) is 53.1 Å². The molecule has 0 amide bonds. The predicted octanol–water partition coefficient (Wildman–Crippen LogP) is 6.11. The number of amidine groups is 1. The lowest BCUT2D eigenvalue weighted by Gasteiger charge is -2.33. The van der Waals surface area contributed by atoms with Gasteiger partial charge in [0, 0.05) is 17.2 Å². The van der Waals surface area contributed by atoms with E-state index in [2.05, 4.69) is 102 Å². The molecule has 2 heterocycles. The molecule has 2 aromatic carbocycles. The number of hydrogen-bond donors (Lipinski definition) is 0. The molecule has 0 saturated heterocycles. The van der Waals surface area contributed by atoms with Crippen LogP contribution in [-0.2, 0) is 10.8 Å². The van der Waals surface area contributed by atoms with Crippen LogP contribution >= 0.6 is 0 Å². The van der Waals surface area contributed by atoms with E-state index >= 15 is 0 Å². The number of fused-ring (bicyclic) bond motifs is 6. The second-order valence-electron chi connectivity index (χ2n) is 10.5. The summed E-state index contributed by atoms with van der Waals surface area (Å²) in [5, 5.41) is 7.17. The van der Waals surface area contributed by atoms with Crippen molar-refractivity contribution >= 4 is 11.5 Å². The van der Waals surface area contributed by atoms with Crippen molar-refractivity contribution in [2.45, 2.75) is 72.3 Å². The lowest BCUT2D eigenvalue weighted by Crippen LogP contribution is -2.36. The molecule has 0 atom stereocenters. The molecule has 0 saturated carbocycles. The Morgan fingerprint density at radius 2 is 1.36 bits per heavy atom. The van der Waals surface area contributed by atoms with Gasteiger partial charge in [-0.3, -0.25) is 5.01 Å². The van der Waals surface area contributed by atoms with Gasteiger partial charge in [0.05, 0.1) is 5.69 Å². The van der Waals surface area contributed by atoms with Gasteiger partial charge in [0.15, 0.2) is 5.84 Å². The highest BCUT2D eigenvalue weighted by Gasteiger charge is 2.35. The Labute approximate surface area is 170 Å². The molecule has 2 aromatic rings. The van der Waals surface area contributed by atoms with Crippen LogP contribution in [0.15, 0.2) is 41.5 Å². The van der Waals surface area contributed by atoms with Crippen LogP contribution in [0.1, 0.15) is 72.1 Å². The molecule has 4 rings (SSSR count). The predicted molar refractivity (Wildman–Crippen MR) is 120 cm³/mol. The summed E-state index contributed by atoms with van der Waals surface area (Å²) >= 11 is 0. The molecule has 0 fully saturated rings. The Kier molecular flexibility index (Phi) is 4.15. The van der Waals surface area contributed by atoms with E-state index in [-0.39, 0.29) is 10.8 Å². The van der Waals surface area contributed by atoms with Gasteiger partial charge >= 0.3 is 0 Å². The van der Waals surface area contributed by atoms with Crippen molar-refractivity contribution in [2.24, 2.45) is 5.10 Å². The molecule has 2 aliphatic heterocycles. The fourth-order valence-corrected chi connectivity index (χ4v) is 3.97. The van der Waals surface area contributed by atoms with Crippen LogP contribution in [0.4, 0.5) is 5.69 Å². The second-order valence-corrected chi connectivity index (χ2v) is 10.5. The summed E-state index contributed by atoms with van der Waals surface area (Å²) in [5.41, 5.74) is 8.15. The van der Waals surface area contributed by atoms with Crippen LogP contribution in [0.3, 0.4) is 0 Å². The third-order valence-corrected chi connectivity index (χ3v) is 5.93. The quantitative estimate of drug-likeness (QED) is 0.598. The van der Waals surface area contributed by atoms with Crippen molar-refractivity contribution in [1.82, 2.24) is 5.01 Å². The minimum absolute atomic E-state index is 0.120. The first-order valence-electron chi connectivity index (χ1n) is 10.4. The third-order valence-electron chi connectivity index (χ3n) is 5.93. The van der Waals surface area contributed by atoms with Crippen LogP contribution in [0.2, 0.25) is 0 Å². The molecule has 148 valence electrons. The highest BCUT2D eigenvalue weighted by Crippen LogP contribution is 2.44. The van der Waals surface area contributed by atoms with Gasteiger partial charge in [-0.05, 0) is 59.6 Å². The van der Waals surface area contributed by atoms with Crippen LogP contribution in [0, 0.1) is 0 Å². The zero-order valence-corrected chi connectivity index (χ0v) is 18.6. The largest absolute Gasteiger partial charge is 0.304 e. The summed E-state index contributed by atoms with van der Waals surface area (Å²) < 4.78 is 0. The molecule has 28 heavy (non-hydrogen) atoms. The molecule has 2 aliphatic rings. The number of nitrogens with zero attached hydrogens (tertiary/aromatic N) is 3. The van der Waals surface area contributed by atoms with Crippen molar-refractivity contribution in [1.29, 1.82) is 0 Å². The molecule has 0 unspecified atom stereocenters. The molecule has 0 spiro atoms. The minimum atomic E-state index is 0.120. The first-order valence-corrected chi connectivity index (χ1v) is 10.4. The fraction of sp³-hybridized carbons (Fsp3) is 0.480. The maximum Gasteiger partial charge on any atom is 0.162 e. The van der Waals surface area contributed by atoms with E-state index in [1.807, 2.05) is 0 Å². The molecule has 3 heteroatoms. The van der Waals surface area contributed by atoms with Crippen LogP contribution < -0.4 is 4.90 Å². The number of rotatable bonds is 1. The summed E-state index contributed by atoms with van der Waals surface area (Å²) in [6.07, 6.45) is 0. The van der Waals surface area contributed by atoms with E-state index in [1.54, 1.807) is 0 Å². The Bertz CT molecular complexity index is 955. The number of hydrazone groups is 1. The second kappa shape index (κ2) is 6.10. The SMILES string of the molecule is CC(C)N1CN2C(=N1)c1ccc(C(C)(C)C)cc1-c1cc(C(C)(C)C)ccc12. The van der Waals surface area contributed by atoms with Crippen molar-refractivity contribution < 1.29 is 0 Å². The number of hydrogen-bond acceptors (Lipinski definition) is 3. The van der Waals surface area contributed by atoms with Crippen LogP contribution in [0.25, 0.3) is 11.1 Å². The van der Waals surface area contributed by atoms with Crippen molar-refractivity contribution in [2.75, 3.05) is 11.6 Å². The van der Waals surface area contributed by atoms with Crippen LogP contribution in [-0.4, -0.2) is 23.6 Å². The lowest BCUT2D eigenvalue weighted by molar-refractivity contribution is 0.258. The summed E-state index contributed by atoms with van der Waals surface area (Å²) in [5.74, 6) is 1.08. The van der Waals surface area contributed by atoms with E-state index in [4.69, 9.17) is 5.10 Å². The van der Waals surface area contributed by atoms with Gasteiger partial charge in [-0.25, -0.2) is 0 Å². The van der Waals surface area contributed by atoms with Gasteiger partial charge in [-0.1, -0.05) is 59.7 Å². The van der Waals surface area contributed by atoms with E-state index in [1.165, 1.54) is 33.5 Å². The van der Waals surface area contributed by atoms with Gasteiger partial charge < -0.3 is 4.90 Å². The average molecular weight is 376 g/mol. The van der Waals surface area contributed by atoms with E-state index in [0.717, 1.165) is 12.5 Å². The summed E-state index contributed by atoms with van der Waals surface area (Å²) in [7, 11) is 0. The molecule has 0 aliphatic carbocycles. The molecule has 0 bridgehead atoms. The van der Waals surface area contributed by atoms with Gasteiger partial charge in [0.2, 0.25) is 0 Å². The summed E-state index contributed by atoms with van der Waals surface area (Å²) in [4.78, 5) is 2.38. The van der Waals surface area contributed by atoms with Crippen molar-refractivity contribution in [3.63, 3.8) is 0 Å². The van der Waals surface area contributed by atoms with E-state index < -0.39 is 0 Å². The zero-order valence-electron chi connectivity index (χ0n) is 18.6. The Balaban J connectivity index is 1.97. The molecule has 0 aromatic heterocycles. The normalized spacial score (nSPS) is 16.1. The van der Waals surface area contributed by atoms with E-state index in [9.17, 15) is 0 Å². The smallest absolute Gasteiger partial charge is 0.162 e. The Hall–Kier alpha value is -2.29. The van der Waals surface area contributed by atoms with Gasteiger partial charge in [-0.2, -0.15) is 5.10 Å². The average Bonchev–Trinajstić information content (AvgIpc) is 3.05. The highest BCUT2D eigenvalue weighted by molar-refractivity contribution is 6.19. The van der Waals surface area contributed by atoms with Crippen LogP contribution in [0.5, 0.6) is 0 Å². The Morgan fingerprint density at radius 1 is 0.786 bits per heavy atom.